The summed E-state index contributed by atoms with van der Waals surface area (Å²) >= 11 is 1.50. The third-order valence-corrected chi connectivity index (χ3v) is 5.69. The summed E-state index contributed by atoms with van der Waals surface area (Å²) in [6, 6.07) is 27.8. The fraction of sp³-hybridized carbons (Fsp3) is 0.125. The van der Waals surface area contributed by atoms with E-state index in [-0.39, 0.29) is 0 Å². The molecule has 146 valence electrons. The minimum absolute atomic E-state index is 0.565. The monoisotopic (exact) mass is 402 g/mol. The van der Waals surface area contributed by atoms with E-state index >= 15 is 0 Å². The molecule has 0 amide bonds. The Kier molecular flexibility index (Phi) is 5.98. The average Bonchev–Trinajstić information content (AvgIpc) is 3.09. The standard InChI is InChI=1S/C24H22N2O2S/c1-28-21-14-12-18(13-15-21)16-22-23(27)26(20-10-6-3-7-11-20)24(29-22)25-17-19-8-4-2-5-9-19/h2-16,23,27H,17H2,1H3/b22-16-,25-24-. The van der Waals surface area contributed by atoms with Gasteiger partial charge in [-0.2, -0.15) is 0 Å². The summed E-state index contributed by atoms with van der Waals surface area (Å²) in [7, 11) is 1.65. The second-order valence-electron chi connectivity index (χ2n) is 6.59. The maximum Gasteiger partial charge on any atom is 0.171 e. The molecule has 1 atom stereocenters. The van der Waals surface area contributed by atoms with Crippen molar-refractivity contribution in [2.24, 2.45) is 4.99 Å². The Labute approximate surface area is 175 Å². The lowest BCUT2D eigenvalue weighted by molar-refractivity contribution is 0.233. The summed E-state index contributed by atoms with van der Waals surface area (Å²) in [6.45, 7) is 0.565. The number of methoxy groups -OCH3 is 1. The molecule has 0 bridgehead atoms. The number of hydrogen-bond donors (Lipinski definition) is 1. The molecule has 4 nitrogen and oxygen atoms in total. The number of aliphatic hydroxyl groups excluding tert-OH is 1. The Morgan fingerprint density at radius 1 is 0.966 bits per heavy atom. The molecule has 1 unspecified atom stereocenters. The number of nitrogens with zero attached hydrogens (tertiary/aromatic N) is 2. The first-order valence-electron chi connectivity index (χ1n) is 9.39. The van der Waals surface area contributed by atoms with Crippen LogP contribution in [0.15, 0.2) is 94.8 Å². The Bertz CT molecular complexity index is 1000. The van der Waals surface area contributed by atoms with Crippen molar-refractivity contribution in [3.05, 3.63) is 101 Å². The summed E-state index contributed by atoms with van der Waals surface area (Å²) in [4.78, 5) is 7.52. The number of benzene rings is 3. The highest BCUT2D eigenvalue weighted by Gasteiger charge is 2.34. The Balaban J connectivity index is 1.65. The van der Waals surface area contributed by atoms with Crippen LogP contribution in [0.1, 0.15) is 11.1 Å². The van der Waals surface area contributed by atoms with Crippen LogP contribution in [0.25, 0.3) is 6.08 Å². The van der Waals surface area contributed by atoms with Gasteiger partial charge in [0.15, 0.2) is 11.4 Å². The van der Waals surface area contributed by atoms with Gasteiger partial charge < -0.3 is 9.84 Å². The van der Waals surface area contributed by atoms with E-state index in [2.05, 4.69) is 12.1 Å². The normalized spacial score (nSPS) is 19.1. The van der Waals surface area contributed by atoms with Gasteiger partial charge in [-0.25, -0.2) is 0 Å². The van der Waals surface area contributed by atoms with Crippen molar-refractivity contribution in [2.75, 3.05) is 12.0 Å². The highest BCUT2D eigenvalue weighted by atomic mass is 32.2. The molecule has 4 rings (SSSR count). The predicted octanol–water partition coefficient (Wildman–Crippen LogP) is 5.16. The SMILES string of the molecule is COc1ccc(/C=C2\S/C(=N\Cc3ccccc3)N(c3ccccc3)C2O)cc1. The van der Waals surface area contributed by atoms with Gasteiger partial charge in [0.25, 0.3) is 0 Å². The molecule has 3 aromatic carbocycles. The number of ether oxygens (including phenoxy) is 1. The predicted molar refractivity (Wildman–Crippen MR) is 121 cm³/mol. The molecule has 0 saturated carbocycles. The quantitative estimate of drug-likeness (QED) is 0.640. The molecule has 1 aliphatic heterocycles. The van der Waals surface area contributed by atoms with E-state index in [1.165, 1.54) is 11.8 Å². The van der Waals surface area contributed by atoms with Crippen molar-refractivity contribution < 1.29 is 9.84 Å². The van der Waals surface area contributed by atoms with Crippen LogP contribution >= 0.6 is 11.8 Å². The van der Waals surface area contributed by atoms with Crippen LogP contribution in [0.2, 0.25) is 0 Å². The first-order chi connectivity index (χ1) is 14.2. The molecule has 5 heteroatoms. The van der Waals surface area contributed by atoms with Crippen molar-refractivity contribution in [3.63, 3.8) is 0 Å². The smallest absolute Gasteiger partial charge is 0.171 e. The van der Waals surface area contributed by atoms with E-state index in [9.17, 15) is 5.11 Å². The van der Waals surface area contributed by atoms with E-state index < -0.39 is 6.23 Å². The zero-order chi connectivity index (χ0) is 20.1. The lowest BCUT2D eigenvalue weighted by Gasteiger charge is -2.22. The second-order valence-corrected chi connectivity index (χ2v) is 7.63. The van der Waals surface area contributed by atoms with Gasteiger partial charge in [0.1, 0.15) is 5.75 Å². The van der Waals surface area contributed by atoms with E-state index in [0.29, 0.717) is 6.54 Å². The van der Waals surface area contributed by atoms with Crippen LogP contribution in [-0.4, -0.2) is 23.6 Å². The highest BCUT2D eigenvalue weighted by Crippen LogP contribution is 2.39. The Morgan fingerprint density at radius 2 is 1.62 bits per heavy atom. The molecule has 3 aromatic rings. The van der Waals surface area contributed by atoms with Gasteiger partial charge >= 0.3 is 0 Å². The molecule has 29 heavy (non-hydrogen) atoms. The number of para-hydroxylation sites is 1. The van der Waals surface area contributed by atoms with Crippen LogP contribution in [-0.2, 0) is 6.54 Å². The largest absolute Gasteiger partial charge is 0.497 e. The van der Waals surface area contributed by atoms with Gasteiger partial charge in [0, 0.05) is 10.6 Å². The van der Waals surface area contributed by atoms with Crippen molar-refractivity contribution in [1.29, 1.82) is 0 Å². The molecule has 1 saturated heterocycles. The van der Waals surface area contributed by atoms with Gasteiger partial charge in [0.05, 0.1) is 13.7 Å². The van der Waals surface area contributed by atoms with Crippen LogP contribution in [0.3, 0.4) is 0 Å². The molecule has 0 spiro atoms. The fourth-order valence-corrected chi connectivity index (χ4v) is 4.15. The molecule has 1 heterocycles. The molecule has 0 radical (unpaired) electrons. The summed E-state index contributed by atoms with van der Waals surface area (Å²) < 4.78 is 5.22. The number of anilines is 1. The number of amidine groups is 1. The third-order valence-electron chi connectivity index (χ3n) is 4.61. The molecule has 0 aromatic heterocycles. The maximum absolute atomic E-state index is 11.1. The summed E-state index contributed by atoms with van der Waals surface area (Å²) in [5, 5.41) is 11.8. The molecule has 1 aliphatic rings. The minimum Gasteiger partial charge on any atom is -0.497 e. The van der Waals surface area contributed by atoms with Crippen molar-refractivity contribution >= 4 is 28.7 Å². The second kappa shape index (κ2) is 8.99. The lowest BCUT2D eigenvalue weighted by Crippen LogP contribution is -2.33. The lowest BCUT2D eigenvalue weighted by atomic mass is 10.2. The molecular weight excluding hydrogens is 380 g/mol. The number of aliphatic hydroxyl groups is 1. The number of rotatable bonds is 5. The third kappa shape index (κ3) is 4.53. The van der Waals surface area contributed by atoms with Crippen molar-refractivity contribution in [3.8, 4) is 5.75 Å². The first kappa shape index (κ1) is 19.3. The van der Waals surface area contributed by atoms with Crippen molar-refractivity contribution in [2.45, 2.75) is 12.8 Å². The van der Waals surface area contributed by atoms with Crippen LogP contribution < -0.4 is 9.64 Å². The summed E-state index contributed by atoms with van der Waals surface area (Å²) in [6.07, 6.45) is 1.22. The molecule has 1 fully saturated rings. The van der Waals surface area contributed by atoms with Gasteiger partial charge in [-0.05, 0) is 41.5 Å². The minimum atomic E-state index is -0.779. The Morgan fingerprint density at radius 3 is 2.28 bits per heavy atom. The van der Waals surface area contributed by atoms with Crippen LogP contribution in [0, 0.1) is 0 Å². The first-order valence-corrected chi connectivity index (χ1v) is 10.2. The number of hydrogen-bond acceptors (Lipinski definition) is 4. The van der Waals surface area contributed by atoms with E-state index in [1.807, 2.05) is 83.8 Å². The van der Waals surface area contributed by atoms with Gasteiger partial charge in [-0.1, -0.05) is 72.4 Å². The average molecular weight is 403 g/mol. The maximum atomic E-state index is 11.1. The molecular formula is C24H22N2O2S. The number of thioether (sulfide) groups is 1. The molecule has 0 aliphatic carbocycles. The van der Waals surface area contributed by atoms with Gasteiger partial charge in [-0.3, -0.25) is 9.89 Å². The van der Waals surface area contributed by atoms with Gasteiger partial charge in [0.2, 0.25) is 0 Å². The molecule has 1 N–H and O–H groups in total. The van der Waals surface area contributed by atoms with Crippen LogP contribution in [0.4, 0.5) is 5.69 Å². The van der Waals surface area contributed by atoms with Gasteiger partial charge in [-0.15, -0.1) is 0 Å². The van der Waals surface area contributed by atoms with E-state index in [1.54, 1.807) is 7.11 Å². The van der Waals surface area contributed by atoms with E-state index in [0.717, 1.165) is 32.6 Å². The summed E-state index contributed by atoms with van der Waals surface area (Å²) in [5.41, 5.74) is 3.05. The summed E-state index contributed by atoms with van der Waals surface area (Å²) in [5.74, 6) is 0.808. The number of aliphatic imine (C=N–C) groups is 1. The zero-order valence-electron chi connectivity index (χ0n) is 16.1. The van der Waals surface area contributed by atoms with Crippen LogP contribution in [0.5, 0.6) is 5.75 Å². The zero-order valence-corrected chi connectivity index (χ0v) is 16.9. The fourth-order valence-electron chi connectivity index (χ4n) is 3.10. The van der Waals surface area contributed by atoms with Crippen molar-refractivity contribution in [1.82, 2.24) is 0 Å². The topological polar surface area (TPSA) is 45.1 Å². The Hall–Kier alpha value is -3.02. The highest BCUT2D eigenvalue weighted by molar-refractivity contribution is 8.18. The van der Waals surface area contributed by atoms with E-state index in [4.69, 9.17) is 9.73 Å².